The molecule has 0 aromatic carbocycles. The Balaban J connectivity index is 3.84. The van der Waals surface area contributed by atoms with Crippen LogP contribution in [0.4, 0.5) is 0 Å². The van der Waals surface area contributed by atoms with Crippen molar-refractivity contribution in [2.75, 3.05) is 0 Å². The van der Waals surface area contributed by atoms with E-state index < -0.39 is 11.7 Å². The molecule has 2 atom stereocenters. The number of aliphatic hydroxyl groups is 2. The topological polar surface area (TPSA) is 40.5 Å². The summed E-state index contributed by atoms with van der Waals surface area (Å²) >= 11 is 0. The second-order valence-corrected chi connectivity index (χ2v) is 2.53. The summed E-state index contributed by atoms with van der Waals surface area (Å²) in [6.07, 6.45) is 1.31. The molecule has 0 aromatic rings. The number of aliphatic hydroxyl groups excluding tert-OH is 1. The van der Waals surface area contributed by atoms with Crippen molar-refractivity contribution in [1.29, 1.82) is 0 Å². The van der Waals surface area contributed by atoms with E-state index in [0.717, 1.165) is 0 Å². The smallest absolute Gasteiger partial charge is 0.0908 e. The average molecular weight is 130 g/mol. The lowest BCUT2D eigenvalue weighted by molar-refractivity contribution is -0.0493. The molecule has 0 fully saturated rings. The minimum atomic E-state index is -1.01. The molecular weight excluding hydrogens is 116 g/mol. The van der Waals surface area contributed by atoms with Gasteiger partial charge in [-0.1, -0.05) is 6.08 Å². The first-order valence-corrected chi connectivity index (χ1v) is 3.02. The van der Waals surface area contributed by atoms with Gasteiger partial charge >= 0.3 is 0 Å². The van der Waals surface area contributed by atoms with Crippen LogP contribution in [0.5, 0.6) is 0 Å². The van der Waals surface area contributed by atoms with Crippen LogP contribution in [-0.4, -0.2) is 21.9 Å². The first kappa shape index (κ1) is 8.66. The van der Waals surface area contributed by atoms with Crippen LogP contribution in [0.15, 0.2) is 12.7 Å². The highest BCUT2D eigenvalue weighted by atomic mass is 16.3. The summed E-state index contributed by atoms with van der Waals surface area (Å²) in [5, 5.41) is 18.2. The Labute approximate surface area is 55.8 Å². The monoisotopic (exact) mass is 130 g/mol. The molecule has 0 aliphatic carbocycles. The largest absolute Gasteiger partial charge is 0.390 e. The van der Waals surface area contributed by atoms with Gasteiger partial charge in [-0.05, 0) is 20.3 Å². The van der Waals surface area contributed by atoms with Gasteiger partial charge in [0.15, 0.2) is 0 Å². The van der Waals surface area contributed by atoms with Gasteiger partial charge in [0.2, 0.25) is 0 Å². The lowest BCUT2D eigenvalue weighted by atomic mass is 9.97. The van der Waals surface area contributed by atoms with Crippen molar-refractivity contribution < 1.29 is 10.2 Å². The standard InChI is InChI=1S/C7H14O2/c1-4-5-7(3,9)6(2)8/h4,6,8-9H,1,5H2,2-3H3. The van der Waals surface area contributed by atoms with Crippen molar-refractivity contribution in [1.82, 2.24) is 0 Å². The van der Waals surface area contributed by atoms with Crippen molar-refractivity contribution in [3.63, 3.8) is 0 Å². The zero-order chi connectivity index (χ0) is 7.49. The van der Waals surface area contributed by atoms with Gasteiger partial charge in [0, 0.05) is 0 Å². The van der Waals surface area contributed by atoms with E-state index in [-0.39, 0.29) is 0 Å². The minimum Gasteiger partial charge on any atom is -0.390 e. The summed E-state index contributed by atoms with van der Waals surface area (Å²) in [5.41, 5.74) is -1.01. The van der Waals surface area contributed by atoms with Crippen LogP contribution >= 0.6 is 0 Å². The van der Waals surface area contributed by atoms with Crippen LogP contribution in [0.1, 0.15) is 20.3 Å². The molecule has 0 saturated heterocycles. The third-order valence-electron chi connectivity index (χ3n) is 1.46. The van der Waals surface area contributed by atoms with Gasteiger partial charge in [0.1, 0.15) is 0 Å². The fourth-order valence-corrected chi connectivity index (χ4v) is 0.463. The van der Waals surface area contributed by atoms with E-state index in [0.29, 0.717) is 6.42 Å². The van der Waals surface area contributed by atoms with E-state index in [1.165, 1.54) is 0 Å². The maximum Gasteiger partial charge on any atom is 0.0908 e. The summed E-state index contributed by atoms with van der Waals surface area (Å²) in [5.74, 6) is 0. The molecule has 2 unspecified atom stereocenters. The molecule has 2 nitrogen and oxygen atoms in total. The highest BCUT2D eigenvalue weighted by Gasteiger charge is 2.24. The van der Waals surface area contributed by atoms with Crippen LogP contribution in [0, 0.1) is 0 Å². The summed E-state index contributed by atoms with van der Waals surface area (Å²) in [6, 6.07) is 0. The molecule has 0 saturated carbocycles. The normalized spacial score (nSPS) is 20.4. The maximum absolute atomic E-state index is 9.27. The molecule has 2 N–H and O–H groups in total. The summed E-state index contributed by atoms with van der Waals surface area (Å²) in [7, 11) is 0. The van der Waals surface area contributed by atoms with E-state index in [1.807, 2.05) is 0 Å². The molecule has 0 rings (SSSR count). The zero-order valence-electron chi connectivity index (χ0n) is 5.96. The van der Waals surface area contributed by atoms with E-state index in [1.54, 1.807) is 19.9 Å². The van der Waals surface area contributed by atoms with Crippen molar-refractivity contribution in [2.45, 2.75) is 32.0 Å². The maximum atomic E-state index is 9.27. The molecular formula is C7H14O2. The molecule has 0 aliphatic heterocycles. The van der Waals surface area contributed by atoms with E-state index in [4.69, 9.17) is 5.11 Å². The second-order valence-electron chi connectivity index (χ2n) is 2.53. The third-order valence-corrected chi connectivity index (χ3v) is 1.46. The minimum absolute atomic E-state index is 0.421. The van der Waals surface area contributed by atoms with Crippen LogP contribution in [0.25, 0.3) is 0 Å². The summed E-state index contributed by atoms with van der Waals surface area (Å²) < 4.78 is 0. The van der Waals surface area contributed by atoms with Gasteiger partial charge < -0.3 is 10.2 Å². The molecule has 0 spiro atoms. The van der Waals surface area contributed by atoms with Crippen LogP contribution in [0.3, 0.4) is 0 Å². The van der Waals surface area contributed by atoms with Crippen LogP contribution < -0.4 is 0 Å². The van der Waals surface area contributed by atoms with E-state index in [2.05, 4.69) is 6.58 Å². The van der Waals surface area contributed by atoms with Gasteiger partial charge in [-0.15, -0.1) is 6.58 Å². The SMILES string of the molecule is C=CCC(C)(O)C(C)O. The third kappa shape index (κ3) is 2.63. The first-order chi connectivity index (χ1) is 4.00. The predicted molar refractivity (Wildman–Crippen MR) is 37.1 cm³/mol. The van der Waals surface area contributed by atoms with Crippen molar-refractivity contribution in [2.24, 2.45) is 0 Å². The molecule has 0 amide bonds. The van der Waals surface area contributed by atoms with E-state index >= 15 is 0 Å². The van der Waals surface area contributed by atoms with Gasteiger partial charge in [0.05, 0.1) is 11.7 Å². The fraction of sp³-hybridized carbons (Fsp3) is 0.714. The van der Waals surface area contributed by atoms with Gasteiger partial charge in [0.25, 0.3) is 0 Å². The highest BCUT2D eigenvalue weighted by molar-refractivity contribution is 4.86. The molecule has 54 valence electrons. The Bertz CT molecular complexity index is 95.1. The predicted octanol–water partition coefficient (Wildman–Crippen LogP) is 0.694. The Hall–Kier alpha value is -0.340. The first-order valence-electron chi connectivity index (χ1n) is 3.02. The van der Waals surface area contributed by atoms with Gasteiger partial charge in [-0.25, -0.2) is 0 Å². The Morgan fingerprint density at radius 3 is 2.33 bits per heavy atom. The number of rotatable bonds is 3. The molecule has 0 bridgehead atoms. The van der Waals surface area contributed by atoms with Gasteiger partial charge in [-0.3, -0.25) is 0 Å². The second kappa shape index (κ2) is 2.99. The lowest BCUT2D eigenvalue weighted by Gasteiger charge is -2.24. The Morgan fingerprint density at radius 2 is 2.22 bits per heavy atom. The number of hydrogen-bond acceptors (Lipinski definition) is 2. The zero-order valence-corrected chi connectivity index (χ0v) is 5.96. The summed E-state index contributed by atoms with van der Waals surface area (Å²) in [4.78, 5) is 0. The van der Waals surface area contributed by atoms with Gasteiger partial charge in [-0.2, -0.15) is 0 Å². The lowest BCUT2D eigenvalue weighted by Crippen LogP contribution is -2.36. The van der Waals surface area contributed by atoms with Crippen molar-refractivity contribution in [3.8, 4) is 0 Å². The Morgan fingerprint density at radius 1 is 1.78 bits per heavy atom. The van der Waals surface area contributed by atoms with Crippen LogP contribution in [-0.2, 0) is 0 Å². The van der Waals surface area contributed by atoms with E-state index in [9.17, 15) is 5.11 Å². The molecule has 0 radical (unpaired) electrons. The quantitative estimate of drug-likeness (QED) is 0.552. The molecule has 2 heteroatoms. The highest BCUT2D eigenvalue weighted by Crippen LogP contribution is 2.13. The molecule has 0 heterocycles. The Kier molecular flexibility index (Phi) is 2.88. The number of hydrogen-bond donors (Lipinski definition) is 2. The summed E-state index contributed by atoms with van der Waals surface area (Å²) in [6.45, 7) is 6.60. The van der Waals surface area contributed by atoms with Crippen LogP contribution in [0.2, 0.25) is 0 Å². The van der Waals surface area contributed by atoms with Crippen molar-refractivity contribution >= 4 is 0 Å². The molecule has 0 aliphatic rings. The average Bonchev–Trinajstić information content (AvgIpc) is 1.65. The molecule has 9 heavy (non-hydrogen) atoms. The van der Waals surface area contributed by atoms with Crippen molar-refractivity contribution in [3.05, 3.63) is 12.7 Å². The molecule has 0 aromatic heterocycles. The fourth-order valence-electron chi connectivity index (χ4n) is 0.463.